The molecule has 0 aliphatic heterocycles. The summed E-state index contributed by atoms with van der Waals surface area (Å²) in [6.45, 7) is 0.669. The van der Waals surface area contributed by atoms with E-state index >= 15 is 0 Å². The van der Waals surface area contributed by atoms with Crippen molar-refractivity contribution in [2.24, 2.45) is 0 Å². The number of benzene rings is 1. The molecule has 17 heavy (non-hydrogen) atoms. The Morgan fingerprint density at radius 3 is 2.94 bits per heavy atom. The van der Waals surface area contributed by atoms with Gasteiger partial charge in [-0.1, -0.05) is 18.2 Å². The van der Waals surface area contributed by atoms with Crippen LogP contribution >= 0.6 is 0 Å². The molecule has 0 spiro atoms. The molecule has 3 N–H and O–H groups in total. The minimum atomic E-state index is -0.387. The van der Waals surface area contributed by atoms with E-state index < -0.39 is 0 Å². The molecule has 1 aromatic carbocycles. The van der Waals surface area contributed by atoms with Gasteiger partial charge in [0, 0.05) is 12.2 Å². The molecule has 0 aliphatic carbocycles. The molecule has 1 heterocycles. The van der Waals surface area contributed by atoms with E-state index in [0.29, 0.717) is 6.54 Å². The van der Waals surface area contributed by atoms with Gasteiger partial charge < -0.3 is 10.6 Å². The van der Waals surface area contributed by atoms with Crippen molar-refractivity contribution < 1.29 is 4.79 Å². The fourth-order valence-electron chi connectivity index (χ4n) is 1.42. The Morgan fingerprint density at radius 1 is 1.41 bits per heavy atom. The van der Waals surface area contributed by atoms with Crippen molar-refractivity contribution in [2.45, 2.75) is 6.54 Å². The maximum Gasteiger partial charge on any atom is 0.297 e. The third-order valence-corrected chi connectivity index (χ3v) is 2.18. The lowest BCUT2D eigenvalue weighted by molar-refractivity contribution is 0.101. The van der Waals surface area contributed by atoms with Crippen molar-refractivity contribution in [3.8, 4) is 0 Å². The molecule has 1 amide bonds. The summed E-state index contributed by atoms with van der Waals surface area (Å²) in [4.78, 5) is 11.7. The SMILES string of the molecule is CNCc1ccccc1NC(=O)c1nn[nH]n1. The molecule has 0 atom stereocenters. The third-order valence-electron chi connectivity index (χ3n) is 2.18. The second-order valence-corrected chi connectivity index (χ2v) is 3.38. The lowest BCUT2D eigenvalue weighted by atomic mass is 10.1. The van der Waals surface area contributed by atoms with Crippen molar-refractivity contribution >= 4 is 11.6 Å². The number of aromatic nitrogens is 4. The van der Waals surface area contributed by atoms with E-state index in [1.165, 1.54) is 0 Å². The van der Waals surface area contributed by atoms with Gasteiger partial charge in [-0.3, -0.25) is 4.79 Å². The number of hydrogen-bond acceptors (Lipinski definition) is 5. The number of H-pyrrole nitrogens is 1. The van der Waals surface area contributed by atoms with E-state index in [0.717, 1.165) is 11.3 Å². The van der Waals surface area contributed by atoms with Gasteiger partial charge in [0.1, 0.15) is 0 Å². The average Bonchev–Trinajstić information content (AvgIpc) is 2.85. The van der Waals surface area contributed by atoms with Crippen LogP contribution in [0.3, 0.4) is 0 Å². The van der Waals surface area contributed by atoms with E-state index in [2.05, 4.69) is 31.3 Å². The highest BCUT2D eigenvalue weighted by atomic mass is 16.2. The van der Waals surface area contributed by atoms with Crippen LogP contribution in [0.5, 0.6) is 0 Å². The highest BCUT2D eigenvalue weighted by Gasteiger charge is 2.12. The molecule has 2 rings (SSSR count). The summed E-state index contributed by atoms with van der Waals surface area (Å²) in [6, 6.07) is 7.52. The largest absolute Gasteiger partial charge is 0.319 e. The quantitative estimate of drug-likeness (QED) is 0.698. The van der Waals surface area contributed by atoms with Crippen LogP contribution in [-0.4, -0.2) is 33.6 Å². The van der Waals surface area contributed by atoms with Crippen LogP contribution in [0.25, 0.3) is 0 Å². The van der Waals surface area contributed by atoms with Gasteiger partial charge in [0.15, 0.2) is 0 Å². The number of carbonyl (C=O) groups excluding carboxylic acids is 1. The van der Waals surface area contributed by atoms with Crippen molar-refractivity contribution in [1.29, 1.82) is 0 Å². The van der Waals surface area contributed by atoms with Crippen LogP contribution in [-0.2, 0) is 6.54 Å². The number of carbonyl (C=O) groups is 1. The second kappa shape index (κ2) is 5.17. The fourth-order valence-corrected chi connectivity index (χ4v) is 1.42. The predicted octanol–water partition coefficient (Wildman–Crippen LogP) is 0.171. The van der Waals surface area contributed by atoms with Crippen molar-refractivity contribution in [3.05, 3.63) is 35.7 Å². The Hall–Kier alpha value is -2.28. The molecule has 0 saturated carbocycles. The molecule has 0 bridgehead atoms. The van der Waals surface area contributed by atoms with Crippen molar-refractivity contribution in [1.82, 2.24) is 25.9 Å². The number of rotatable bonds is 4. The molecule has 7 heteroatoms. The summed E-state index contributed by atoms with van der Waals surface area (Å²) >= 11 is 0. The number of hydrogen-bond donors (Lipinski definition) is 3. The first-order chi connectivity index (χ1) is 8.31. The van der Waals surface area contributed by atoms with E-state index in [9.17, 15) is 4.79 Å². The molecule has 88 valence electrons. The first-order valence-electron chi connectivity index (χ1n) is 5.08. The standard InChI is InChI=1S/C10H12N6O/c1-11-6-7-4-2-3-5-8(7)12-10(17)9-13-15-16-14-9/h2-5,11H,6H2,1H3,(H,12,17)(H,13,14,15,16). The molecule has 7 nitrogen and oxygen atoms in total. The van der Waals surface area contributed by atoms with Gasteiger partial charge in [-0.2, -0.15) is 5.21 Å². The molecule has 0 aliphatic rings. The Labute approximate surface area is 97.6 Å². The number of amides is 1. The molecule has 0 fully saturated rings. The number of para-hydroxylation sites is 1. The molecular formula is C10H12N6O. The monoisotopic (exact) mass is 232 g/mol. The summed E-state index contributed by atoms with van der Waals surface area (Å²) < 4.78 is 0. The van der Waals surface area contributed by atoms with Gasteiger partial charge in [-0.05, 0) is 23.9 Å². The lowest BCUT2D eigenvalue weighted by Gasteiger charge is -2.08. The van der Waals surface area contributed by atoms with E-state index in [1.54, 1.807) is 0 Å². The first kappa shape index (κ1) is 11.2. The Balaban J connectivity index is 2.15. The van der Waals surface area contributed by atoms with E-state index in [-0.39, 0.29) is 11.7 Å². The van der Waals surface area contributed by atoms with Gasteiger partial charge in [-0.25, -0.2) is 0 Å². The molecule has 0 radical (unpaired) electrons. The molecule has 0 unspecified atom stereocenters. The number of tetrazole rings is 1. The topological polar surface area (TPSA) is 95.6 Å². The molecule has 1 aromatic heterocycles. The lowest BCUT2D eigenvalue weighted by Crippen LogP contribution is -2.16. The van der Waals surface area contributed by atoms with Crippen molar-refractivity contribution in [3.63, 3.8) is 0 Å². The highest BCUT2D eigenvalue weighted by Crippen LogP contribution is 2.15. The van der Waals surface area contributed by atoms with Crippen LogP contribution in [0, 0.1) is 0 Å². The summed E-state index contributed by atoms with van der Waals surface area (Å²) in [5.74, 6) is -0.369. The number of anilines is 1. The Kier molecular flexibility index (Phi) is 3.41. The number of nitrogens with zero attached hydrogens (tertiary/aromatic N) is 3. The maximum atomic E-state index is 11.7. The molecular weight excluding hydrogens is 220 g/mol. The van der Waals surface area contributed by atoms with E-state index in [1.807, 2.05) is 31.3 Å². The molecule has 2 aromatic rings. The zero-order valence-electron chi connectivity index (χ0n) is 9.27. The Morgan fingerprint density at radius 2 is 2.24 bits per heavy atom. The minimum Gasteiger partial charge on any atom is -0.319 e. The van der Waals surface area contributed by atoms with Gasteiger partial charge >= 0.3 is 0 Å². The van der Waals surface area contributed by atoms with Gasteiger partial charge in [0.05, 0.1) is 0 Å². The second-order valence-electron chi connectivity index (χ2n) is 3.38. The van der Waals surface area contributed by atoms with E-state index in [4.69, 9.17) is 0 Å². The summed E-state index contributed by atoms with van der Waals surface area (Å²) in [7, 11) is 1.85. The number of nitrogens with one attached hydrogen (secondary N) is 3. The smallest absolute Gasteiger partial charge is 0.297 e. The zero-order valence-corrected chi connectivity index (χ0v) is 9.27. The van der Waals surface area contributed by atoms with Gasteiger partial charge in [0.2, 0.25) is 0 Å². The van der Waals surface area contributed by atoms with Crippen LogP contribution in [0.1, 0.15) is 16.2 Å². The predicted molar refractivity (Wildman–Crippen MR) is 61.3 cm³/mol. The summed E-state index contributed by atoms with van der Waals surface area (Å²) in [6.07, 6.45) is 0. The minimum absolute atomic E-state index is 0.0178. The summed E-state index contributed by atoms with van der Waals surface area (Å²) in [5, 5.41) is 18.6. The van der Waals surface area contributed by atoms with Gasteiger partial charge in [-0.15, -0.1) is 10.2 Å². The highest BCUT2D eigenvalue weighted by molar-refractivity contribution is 6.01. The van der Waals surface area contributed by atoms with Gasteiger partial charge in [0.25, 0.3) is 11.7 Å². The molecule has 0 saturated heterocycles. The average molecular weight is 232 g/mol. The van der Waals surface area contributed by atoms with Crippen LogP contribution in [0.15, 0.2) is 24.3 Å². The van der Waals surface area contributed by atoms with Crippen LogP contribution < -0.4 is 10.6 Å². The maximum absolute atomic E-state index is 11.7. The van der Waals surface area contributed by atoms with Crippen molar-refractivity contribution in [2.75, 3.05) is 12.4 Å². The Bertz CT molecular complexity index is 495. The first-order valence-corrected chi connectivity index (χ1v) is 5.08. The third kappa shape index (κ3) is 2.64. The summed E-state index contributed by atoms with van der Waals surface area (Å²) in [5.41, 5.74) is 1.73. The normalized spacial score (nSPS) is 10.2. The fraction of sp³-hybridized carbons (Fsp3) is 0.200. The van der Waals surface area contributed by atoms with Crippen LogP contribution in [0.4, 0.5) is 5.69 Å². The zero-order chi connectivity index (χ0) is 12.1. The number of aromatic amines is 1. The van der Waals surface area contributed by atoms with Crippen LogP contribution in [0.2, 0.25) is 0 Å².